The number of thiophene rings is 1. The van der Waals surface area contributed by atoms with Crippen LogP contribution in [0.25, 0.3) is 0 Å². The van der Waals surface area contributed by atoms with Gasteiger partial charge >= 0.3 is 6.03 Å². The van der Waals surface area contributed by atoms with E-state index in [-0.39, 0.29) is 30.1 Å². The second kappa shape index (κ2) is 16.5. The molecule has 1 saturated carbocycles. The van der Waals surface area contributed by atoms with Gasteiger partial charge in [-0.15, -0.1) is 11.3 Å². The summed E-state index contributed by atoms with van der Waals surface area (Å²) in [5.41, 5.74) is 1.91. The molecule has 1 fully saturated rings. The molecule has 3 aromatic carbocycles. The van der Waals surface area contributed by atoms with Crippen LogP contribution in [0.15, 0.2) is 95.9 Å². The van der Waals surface area contributed by atoms with Crippen LogP contribution in [0, 0.1) is 17.0 Å². The molecule has 2 bridgehead atoms. The highest BCUT2D eigenvalue weighted by atomic mass is 32.1. The molecule has 53 heavy (non-hydrogen) atoms. The molecule has 0 unspecified atom stereocenters. The lowest BCUT2D eigenvalue weighted by Crippen LogP contribution is -2.56. The Morgan fingerprint density at radius 3 is 2.53 bits per heavy atom. The monoisotopic (exact) mass is 740 g/mol. The number of aliphatic hydroxyl groups excluding tert-OH is 1. The van der Waals surface area contributed by atoms with Gasteiger partial charge in [0.2, 0.25) is 0 Å². The first kappa shape index (κ1) is 38.5. The molecule has 0 radical (unpaired) electrons. The third-order valence-electron chi connectivity index (χ3n) is 11.7. The molecule has 0 spiro atoms. The van der Waals surface area contributed by atoms with Crippen molar-refractivity contribution in [3.05, 3.63) is 140 Å². The highest BCUT2D eigenvalue weighted by Crippen LogP contribution is 2.59. The van der Waals surface area contributed by atoms with Gasteiger partial charge in [-0.1, -0.05) is 67.1 Å². The summed E-state index contributed by atoms with van der Waals surface area (Å²) >= 11 is 1.64. The number of nitrogens with one attached hydrogen (secondary N) is 1. The fourth-order valence-corrected chi connectivity index (χ4v) is 9.06. The van der Waals surface area contributed by atoms with Crippen molar-refractivity contribution >= 4 is 23.2 Å². The van der Waals surface area contributed by atoms with Crippen molar-refractivity contribution in [2.45, 2.75) is 95.8 Å². The molecular formula is C44H50F2N2O4S. The van der Waals surface area contributed by atoms with Gasteiger partial charge in [-0.25, -0.2) is 13.6 Å². The lowest BCUT2D eigenvalue weighted by molar-refractivity contribution is -0.0769. The molecule has 2 amide bonds. The predicted octanol–water partition coefficient (Wildman–Crippen LogP) is 9.31. The predicted molar refractivity (Wildman–Crippen MR) is 206 cm³/mol. The fourth-order valence-electron chi connectivity index (χ4n) is 8.36. The highest BCUT2D eigenvalue weighted by Gasteiger charge is 2.57. The van der Waals surface area contributed by atoms with E-state index in [1.165, 1.54) is 6.07 Å². The summed E-state index contributed by atoms with van der Waals surface area (Å²) < 4.78 is 28.4. The molecule has 3 N–H and O–H groups in total. The van der Waals surface area contributed by atoms with Crippen LogP contribution in [0.1, 0.15) is 109 Å². The zero-order chi connectivity index (χ0) is 37.8. The minimum absolute atomic E-state index is 0.0291. The molecule has 6 nitrogen and oxygen atoms in total. The van der Waals surface area contributed by atoms with Gasteiger partial charge in [-0.05, 0) is 124 Å². The van der Waals surface area contributed by atoms with Gasteiger partial charge in [0, 0.05) is 28.0 Å². The number of benzene rings is 3. The number of carbonyl (C=O) groups excluding carboxylic acids is 2. The number of allylic oxidation sites excluding steroid dienone is 2. The summed E-state index contributed by atoms with van der Waals surface area (Å²) in [6.45, 7) is 6.60. The first-order valence-electron chi connectivity index (χ1n) is 18.7. The van der Waals surface area contributed by atoms with Crippen molar-refractivity contribution in [1.82, 2.24) is 10.2 Å². The number of amides is 2. The van der Waals surface area contributed by atoms with Crippen molar-refractivity contribution in [3.63, 3.8) is 0 Å². The molecule has 5 atom stereocenters. The van der Waals surface area contributed by atoms with Crippen molar-refractivity contribution in [2.24, 2.45) is 5.41 Å². The zero-order valence-electron chi connectivity index (χ0n) is 30.8. The molecule has 0 saturated heterocycles. The average molecular weight is 741 g/mol. The third-order valence-corrected chi connectivity index (χ3v) is 12.6. The minimum atomic E-state index is -1.32. The number of halogens is 2. The van der Waals surface area contributed by atoms with Gasteiger partial charge in [-0.3, -0.25) is 4.79 Å². The van der Waals surface area contributed by atoms with Crippen LogP contribution in [0.5, 0.6) is 0 Å². The van der Waals surface area contributed by atoms with Crippen LogP contribution in [0.4, 0.5) is 13.6 Å². The molecule has 1 heterocycles. The van der Waals surface area contributed by atoms with E-state index in [9.17, 15) is 28.6 Å². The Morgan fingerprint density at radius 1 is 1.00 bits per heavy atom. The number of hydrogen-bond donors (Lipinski definition) is 3. The van der Waals surface area contributed by atoms with E-state index >= 15 is 0 Å². The number of nitrogens with zero attached hydrogens (tertiary/aromatic N) is 1. The Morgan fingerprint density at radius 2 is 1.79 bits per heavy atom. The minimum Gasteiger partial charge on any atom is -0.393 e. The molecule has 3 aliphatic carbocycles. The lowest BCUT2D eigenvalue weighted by Gasteiger charge is -2.46. The third kappa shape index (κ3) is 8.64. The summed E-state index contributed by atoms with van der Waals surface area (Å²) in [6.07, 6.45) is 5.99. The number of ketones is 1. The molecule has 0 aliphatic heterocycles. The highest BCUT2D eigenvalue weighted by molar-refractivity contribution is 7.09. The number of urea groups is 1. The van der Waals surface area contributed by atoms with Gasteiger partial charge in [0.15, 0.2) is 17.4 Å². The van der Waals surface area contributed by atoms with E-state index in [0.717, 1.165) is 39.3 Å². The summed E-state index contributed by atoms with van der Waals surface area (Å²) in [5.74, 6) is -2.87. The smallest absolute Gasteiger partial charge is 0.317 e. The van der Waals surface area contributed by atoms with Crippen LogP contribution in [0.3, 0.4) is 0 Å². The van der Waals surface area contributed by atoms with Gasteiger partial charge in [0.05, 0.1) is 24.3 Å². The standard InChI is InChI=1S/C44H50F2N2O4S/c1-29-9-7-21-43(3)38(36-17-14-31(25-34(49)16-13-29)26-37(36)41(50)33-15-18-39(45)40(46)27-33)19-22-44(43,52)28-48(23-20-35-12-8-24-53-35)42(51)47-30(2)32-10-5-4-6-11-32/h4-6,8-12,14-15,17-18,24,26-27,30,34,38,49,52H,7,13,16,19-23,25,28H2,1-3H3,(H,47,51)/t30-,34+,38+,43+,44-/m1/s1. The maximum absolute atomic E-state index is 14.4. The Hall–Kier alpha value is -4.18. The summed E-state index contributed by atoms with van der Waals surface area (Å²) in [7, 11) is 0. The molecule has 280 valence electrons. The van der Waals surface area contributed by atoms with Gasteiger partial charge < -0.3 is 20.4 Å². The van der Waals surface area contributed by atoms with Crippen LogP contribution in [0.2, 0.25) is 0 Å². The van der Waals surface area contributed by atoms with E-state index < -0.39 is 34.5 Å². The first-order chi connectivity index (χ1) is 25.4. The van der Waals surface area contributed by atoms with Gasteiger partial charge in [0.1, 0.15) is 0 Å². The normalized spacial score (nSPS) is 23.8. The Balaban J connectivity index is 1.39. The van der Waals surface area contributed by atoms with Gasteiger partial charge in [-0.2, -0.15) is 0 Å². The molecule has 9 heteroatoms. The molecular weight excluding hydrogens is 691 g/mol. The van der Waals surface area contributed by atoms with E-state index in [0.29, 0.717) is 63.5 Å². The number of carbonyl (C=O) groups is 2. The second-order valence-electron chi connectivity index (χ2n) is 15.2. The Bertz CT molecular complexity index is 1930. The van der Waals surface area contributed by atoms with Crippen LogP contribution >= 0.6 is 11.3 Å². The summed E-state index contributed by atoms with van der Waals surface area (Å²) in [5, 5.41) is 29.1. The quantitative estimate of drug-likeness (QED) is 0.118. The summed E-state index contributed by atoms with van der Waals surface area (Å²) in [4.78, 5) is 31.3. The molecule has 3 aliphatic rings. The molecule has 7 rings (SSSR count). The van der Waals surface area contributed by atoms with Gasteiger partial charge in [0.25, 0.3) is 0 Å². The Labute approximate surface area is 315 Å². The van der Waals surface area contributed by atoms with Crippen LogP contribution in [-0.2, 0) is 12.8 Å². The molecule has 4 aromatic rings. The largest absolute Gasteiger partial charge is 0.393 e. The zero-order valence-corrected chi connectivity index (χ0v) is 31.6. The maximum Gasteiger partial charge on any atom is 0.317 e. The number of aliphatic hydroxyl groups is 2. The van der Waals surface area contributed by atoms with Crippen molar-refractivity contribution in [2.75, 3.05) is 13.1 Å². The Kier molecular flexibility index (Phi) is 12.0. The lowest BCUT2D eigenvalue weighted by atomic mass is 9.64. The van der Waals surface area contributed by atoms with E-state index in [1.54, 1.807) is 22.3 Å². The fraction of sp³-hybridized carbons (Fsp3) is 0.409. The maximum atomic E-state index is 14.4. The first-order valence-corrected chi connectivity index (χ1v) is 19.6. The number of rotatable bonds is 9. The number of hydrogen-bond acceptors (Lipinski definition) is 5. The summed E-state index contributed by atoms with van der Waals surface area (Å²) in [6, 6.07) is 22.1. The SMILES string of the molecule is CC1=CCC[C@@]2(C)[C@@H](CC[C@@]2(O)CN(CCc2cccs2)C(=O)N[C@H](C)c2ccccc2)c2ccc(cc2C(=O)c2ccc(F)c(F)c2)C[C@@H](O)CC1. The van der Waals surface area contributed by atoms with Crippen LogP contribution in [-0.4, -0.2) is 51.7 Å². The number of fused-ring (bicyclic) bond motifs is 8. The van der Waals surface area contributed by atoms with E-state index in [1.807, 2.05) is 60.8 Å². The van der Waals surface area contributed by atoms with Crippen molar-refractivity contribution in [1.29, 1.82) is 0 Å². The van der Waals surface area contributed by atoms with E-state index in [4.69, 9.17) is 0 Å². The average Bonchev–Trinajstić information content (AvgIpc) is 3.76. The molecule has 1 aromatic heterocycles. The second-order valence-corrected chi connectivity index (χ2v) is 16.3. The van der Waals surface area contributed by atoms with Crippen LogP contribution < -0.4 is 5.32 Å². The van der Waals surface area contributed by atoms with Crippen molar-refractivity contribution < 1.29 is 28.6 Å². The van der Waals surface area contributed by atoms with E-state index in [2.05, 4.69) is 31.3 Å². The van der Waals surface area contributed by atoms with Crippen molar-refractivity contribution in [3.8, 4) is 0 Å². The topological polar surface area (TPSA) is 89.9 Å².